The second-order valence-corrected chi connectivity index (χ2v) is 11.3. The predicted octanol–water partition coefficient (Wildman–Crippen LogP) is 3.98. The van der Waals surface area contributed by atoms with Gasteiger partial charge in [-0.2, -0.15) is 0 Å². The van der Waals surface area contributed by atoms with Crippen molar-refractivity contribution in [1.29, 1.82) is 0 Å². The van der Waals surface area contributed by atoms with Crippen molar-refractivity contribution in [2.45, 2.75) is 72.4 Å². The molecule has 0 saturated carbocycles. The average molecular weight is 575 g/mol. The molecule has 0 spiro atoms. The lowest BCUT2D eigenvalue weighted by Gasteiger charge is -2.24. The van der Waals surface area contributed by atoms with Crippen LogP contribution in [0.2, 0.25) is 0 Å². The zero-order valence-electron chi connectivity index (χ0n) is 23.4. The molecule has 1 saturated heterocycles. The number of benzene rings is 1. The third-order valence-electron chi connectivity index (χ3n) is 6.33. The lowest BCUT2D eigenvalue weighted by molar-refractivity contribution is -0.149. The molecular formula is C27H35N4O8P. The highest BCUT2D eigenvalue weighted by molar-refractivity contribution is 7.45. The Morgan fingerprint density at radius 2 is 1.93 bits per heavy atom. The Bertz CT molecular complexity index is 1400. The van der Waals surface area contributed by atoms with Crippen LogP contribution in [-0.4, -0.2) is 45.5 Å². The van der Waals surface area contributed by atoms with Crippen LogP contribution in [0.5, 0.6) is 5.75 Å². The first-order chi connectivity index (χ1) is 19.0. The molecule has 0 bridgehead atoms. The Kier molecular flexibility index (Phi) is 9.57. The molecule has 1 aliphatic rings. The lowest BCUT2D eigenvalue weighted by atomic mass is 10.0. The number of aromatic nitrogens is 3. The van der Waals surface area contributed by atoms with Gasteiger partial charge in [-0.1, -0.05) is 24.2 Å². The number of nitrogens with one attached hydrogen (secondary N) is 2. The molecule has 5 atom stereocenters. The Balaban J connectivity index is 1.45. The molecule has 0 amide bonds. The second kappa shape index (κ2) is 12.9. The smallest absolute Gasteiger partial charge is 0.330 e. The van der Waals surface area contributed by atoms with Crippen molar-refractivity contribution in [1.82, 2.24) is 19.8 Å². The zero-order valence-corrected chi connectivity index (χ0v) is 24.3. The van der Waals surface area contributed by atoms with Gasteiger partial charge in [-0.3, -0.25) is 19.1 Å². The summed E-state index contributed by atoms with van der Waals surface area (Å²) in [5, 5.41) is 7.11. The molecule has 2 aromatic heterocycles. The lowest BCUT2D eigenvalue weighted by Crippen LogP contribution is -2.35. The molecule has 4 rings (SSSR count). The first-order valence-corrected chi connectivity index (χ1v) is 14.3. The van der Waals surface area contributed by atoms with Crippen molar-refractivity contribution in [2.24, 2.45) is 5.92 Å². The molecule has 1 fully saturated rings. The van der Waals surface area contributed by atoms with Crippen molar-refractivity contribution >= 4 is 14.5 Å². The molecule has 12 nitrogen and oxygen atoms in total. The van der Waals surface area contributed by atoms with Crippen molar-refractivity contribution in [3.63, 3.8) is 0 Å². The number of ether oxygens (including phenoxy) is 2. The summed E-state index contributed by atoms with van der Waals surface area (Å²) in [7, 11) is -1.79. The van der Waals surface area contributed by atoms with E-state index in [0.29, 0.717) is 12.2 Å². The number of H-pyrrole nitrogens is 1. The fraction of sp³-hybridized carbons (Fsp3) is 0.481. The van der Waals surface area contributed by atoms with Crippen molar-refractivity contribution in [2.75, 3.05) is 6.61 Å². The summed E-state index contributed by atoms with van der Waals surface area (Å²) in [6.07, 6.45) is 0.903. The molecule has 3 aromatic rings. The first kappa shape index (κ1) is 29.7. The number of aromatic amines is 1. The van der Waals surface area contributed by atoms with Gasteiger partial charge in [0.15, 0.2) is 0 Å². The molecule has 4 unspecified atom stereocenters. The number of hydrogen-bond acceptors (Lipinski definition) is 10. The highest BCUT2D eigenvalue weighted by atomic mass is 31.2. The van der Waals surface area contributed by atoms with E-state index in [9.17, 15) is 14.4 Å². The minimum absolute atomic E-state index is 0.00545. The van der Waals surface area contributed by atoms with E-state index in [0.717, 1.165) is 22.6 Å². The van der Waals surface area contributed by atoms with Crippen LogP contribution in [0.25, 0.3) is 11.1 Å². The quantitative estimate of drug-likeness (QED) is 0.255. The third-order valence-corrected chi connectivity index (χ3v) is 7.68. The fourth-order valence-electron chi connectivity index (χ4n) is 4.45. The number of rotatable bonds is 11. The predicted molar refractivity (Wildman–Crippen MR) is 148 cm³/mol. The molecule has 1 aliphatic heterocycles. The molecular weight excluding hydrogens is 539 g/mol. The standard InChI is InChI=1S/C27H35N4O8P/c1-15(2)36-26(33)18(5)30-40(39-21-9-7-20(8-10-21)24-17(4)29-38-19(24)6)35-14-22-13-16(3)25(37-22)31-12-11-23(32)28-27(31)34/h7-12,15-16,18,22,25,30H,13-14H2,1-6H3,(H,28,32,34)/t16?,18-,22?,25?,40?/m0/s1. The maximum Gasteiger partial charge on any atom is 0.330 e. The van der Waals surface area contributed by atoms with E-state index in [4.69, 9.17) is 23.0 Å². The number of nitrogens with zero attached hydrogens (tertiary/aromatic N) is 2. The first-order valence-electron chi connectivity index (χ1n) is 13.1. The molecule has 40 heavy (non-hydrogen) atoms. The minimum atomic E-state index is -1.79. The van der Waals surface area contributed by atoms with Gasteiger partial charge >= 0.3 is 20.2 Å². The van der Waals surface area contributed by atoms with Crippen LogP contribution in [-0.2, 0) is 18.8 Å². The van der Waals surface area contributed by atoms with Crippen molar-refractivity contribution in [3.05, 3.63) is 68.8 Å². The molecule has 2 N–H and O–H groups in total. The second-order valence-electron chi connectivity index (χ2n) is 10.1. The zero-order chi connectivity index (χ0) is 29.0. The SMILES string of the molecule is Cc1noc(C)c1-c1ccc(OP(N[C@@H](C)C(=O)OC(C)C)OCC2CC(C)C(n3ccc(=O)[nH]c3=O)O2)cc1. The van der Waals surface area contributed by atoms with Gasteiger partial charge in [0.2, 0.25) is 0 Å². The summed E-state index contributed by atoms with van der Waals surface area (Å²) < 4.78 is 30.3. The molecule has 0 radical (unpaired) electrons. The van der Waals surface area contributed by atoms with E-state index >= 15 is 0 Å². The van der Waals surface area contributed by atoms with E-state index in [1.54, 1.807) is 20.8 Å². The van der Waals surface area contributed by atoms with Crippen LogP contribution in [0.15, 0.2) is 50.6 Å². The van der Waals surface area contributed by atoms with Gasteiger partial charge in [-0.25, -0.2) is 9.88 Å². The molecule has 13 heteroatoms. The summed E-state index contributed by atoms with van der Waals surface area (Å²) in [6, 6.07) is 8.02. The van der Waals surface area contributed by atoms with Gasteiger partial charge in [0, 0.05) is 23.7 Å². The minimum Gasteiger partial charge on any atom is -0.462 e. The van der Waals surface area contributed by atoms with E-state index < -0.39 is 38.0 Å². The van der Waals surface area contributed by atoms with Crippen LogP contribution in [0, 0.1) is 19.8 Å². The van der Waals surface area contributed by atoms with Crippen LogP contribution in [0.1, 0.15) is 51.8 Å². The van der Waals surface area contributed by atoms with Gasteiger partial charge < -0.3 is 23.0 Å². The van der Waals surface area contributed by atoms with Gasteiger partial charge in [0.1, 0.15) is 23.8 Å². The summed E-state index contributed by atoms with van der Waals surface area (Å²) in [6.45, 7) is 11.1. The fourth-order valence-corrected chi connectivity index (χ4v) is 5.67. The van der Waals surface area contributed by atoms with E-state index in [2.05, 4.69) is 15.2 Å². The molecule has 3 heterocycles. The summed E-state index contributed by atoms with van der Waals surface area (Å²) in [4.78, 5) is 38.4. The van der Waals surface area contributed by atoms with Crippen LogP contribution < -0.4 is 20.9 Å². The van der Waals surface area contributed by atoms with Crippen LogP contribution >= 0.6 is 8.53 Å². The maximum atomic E-state index is 12.5. The van der Waals surface area contributed by atoms with Crippen LogP contribution in [0.3, 0.4) is 0 Å². The van der Waals surface area contributed by atoms with Gasteiger partial charge in [0.25, 0.3) is 5.56 Å². The summed E-state index contributed by atoms with van der Waals surface area (Å²) >= 11 is 0. The molecule has 0 aliphatic carbocycles. The number of carbonyl (C=O) groups is 1. The number of esters is 1. The van der Waals surface area contributed by atoms with Gasteiger partial charge in [-0.05, 0) is 58.7 Å². The van der Waals surface area contributed by atoms with E-state index in [1.807, 2.05) is 45.0 Å². The summed E-state index contributed by atoms with van der Waals surface area (Å²) in [5.41, 5.74) is 1.66. The number of aryl methyl sites for hydroxylation is 2. The molecule has 216 valence electrons. The number of carbonyl (C=O) groups excluding carboxylic acids is 1. The van der Waals surface area contributed by atoms with E-state index in [1.165, 1.54) is 16.8 Å². The summed E-state index contributed by atoms with van der Waals surface area (Å²) in [5.74, 6) is 0.835. The Labute approximate surface area is 232 Å². The largest absolute Gasteiger partial charge is 0.462 e. The monoisotopic (exact) mass is 574 g/mol. The van der Waals surface area contributed by atoms with Crippen molar-refractivity contribution in [3.8, 4) is 16.9 Å². The Hall–Kier alpha value is -3.31. The Morgan fingerprint density at radius 1 is 1.20 bits per heavy atom. The third kappa shape index (κ3) is 7.25. The highest BCUT2D eigenvalue weighted by Crippen LogP contribution is 2.40. The topological polar surface area (TPSA) is 147 Å². The van der Waals surface area contributed by atoms with Gasteiger partial charge in [-0.15, -0.1) is 0 Å². The Morgan fingerprint density at radius 3 is 2.55 bits per heavy atom. The average Bonchev–Trinajstić information content (AvgIpc) is 3.43. The van der Waals surface area contributed by atoms with Crippen LogP contribution in [0.4, 0.5) is 0 Å². The molecule has 1 aromatic carbocycles. The maximum absolute atomic E-state index is 12.5. The normalized spacial score (nSPS) is 20.4. The van der Waals surface area contributed by atoms with E-state index in [-0.39, 0.29) is 24.7 Å². The highest BCUT2D eigenvalue weighted by Gasteiger charge is 2.35. The van der Waals surface area contributed by atoms with Gasteiger partial charge in [0.05, 0.1) is 24.5 Å². The number of hydrogen-bond donors (Lipinski definition) is 2. The van der Waals surface area contributed by atoms with Crippen molar-refractivity contribution < 1.29 is 27.8 Å².